The van der Waals surface area contributed by atoms with Gasteiger partial charge in [0.1, 0.15) is 6.04 Å². The maximum Gasteiger partial charge on any atom is 0.326 e. The molecule has 0 saturated heterocycles. The van der Waals surface area contributed by atoms with Crippen molar-refractivity contribution in [2.24, 2.45) is 0 Å². The van der Waals surface area contributed by atoms with Gasteiger partial charge in [-0.3, -0.25) is 0 Å². The Kier molecular flexibility index (Phi) is 5.25. The molecule has 3 N–H and O–H groups in total. The first-order valence-corrected chi connectivity index (χ1v) is 5.94. The van der Waals surface area contributed by atoms with E-state index in [1.807, 2.05) is 0 Å². The first-order chi connectivity index (χ1) is 8.42. The number of urea groups is 1. The third-order valence-corrected chi connectivity index (χ3v) is 2.57. The Labute approximate surface area is 114 Å². The summed E-state index contributed by atoms with van der Waals surface area (Å²) in [6.07, 6.45) is 0.291. The molecule has 0 saturated carbocycles. The van der Waals surface area contributed by atoms with E-state index in [-0.39, 0.29) is 0 Å². The van der Waals surface area contributed by atoms with Gasteiger partial charge in [-0.05, 0) is 24.6 Å². The smallest absolute Gasteiger partial charge is 0.326 e. The molecule has 1 aromatic carbocycles. The van der Waals surface area contributed by atoms with Gasteiger partial charge in [-0.1, -0.05) is 30.1 Å². The van der Waals surface area contributed by atoms with Crippen LogP contribution in [0.25, 0.3) is 0 Å². The van der Waals surface area contributed by atoms with Crippen molar-refractivity contribution in [1.82, 2.24) is 5.32 Å². The number of nitrogens with one attached hydrogen (secondary N) is 2. The Hall–Kier alpha value is -1.46. The summed E-state index contributed by atoms with van der Waals surface area (Å²) in [6, 6.07) is 2.99. The van der Waals surface area contributed by atoms with Gasteiger partial charge in [-0.15, -0.1) is 0 Å². The summed E-state index contributed by atoms with van der Waals surface area (Å²) < 4.78 is 0. The van der Waals surface area contributed by atoms with Crippen molar-refractivity contribution in [3.63, 3.8) is 0 Å². The van der Waals surface area contributed by atoms with Crippen molar-refractivity contribution in [3.05, 3.63) is 28.2 Å². The SMILES string of the molecule is CC[C@@H](NC(=O)Nc1cc(Cl)cc(Cl)c1)C(=O)O. The van der Waals surface area contributed by atoms with Gasteiger partial charge < -0.3 is 15.7 Å². The normalized spacial score (nSPS) is 11.7. The van der Waals surface area contributed by atoms with Crippen molar-refractivity contribution < 1.29 is 14.7 Å². The Morgan fingerprint density at radius 3 is 2.28 bits per heavy atom. The first kappa shape index (κ1) is 14.6. The molecule has 0 aliphatic rings. The second-order valence-electron chi connectivity index (χ2n) is 3.56. The molecule has 0 radical (unpaired) electrons. The molecule has 1 atom stereocenters. The standard InChI is InChI=1S/C11H12Cl2N2O3/c1-2-9(10(16)17)15-11(18)14-8-4-6(12)3-7(13)5-8/h3-5,9H,2H2,1H3,(H,16,17)(H2,14,15,18)/t9-/m1/s1. The van der Waals surface area contributed by atoms with E-state index in [1.54, 1.807) is 6.92 Å². The van der Waals surface area contributed by atoms with Crippen LogP contribution in [-0.2, 0) is 4.79 Å². The van der Waals surface area contributed by atoms with Crippen LogP contribution in [0.4, 0.5) is 10.5 Å². The van der Waals surface area contributed by atoms with Gasteiger partial charge in [0.05, 0.1) is 0 Å². The van der Waals surface area contributed by atoms with E-state index in [9.17, 15) is 9.59 Å². The molecule has 0 aliphatic carbocycles. The summed E-state index contributed by atoms with van der Waals surface area (Å²) >= 11 is 11.5. The first-order valence-electron chi connectivity index (χ1n) is 5.18. The van der Waals surface area contributed by atoms with E-state index in [4.69, 9.17) is 28.3 Å². The quantitative estimate of drug-likeness (QED) is 0.798. The fourth-order valence-electron chi connectivity index (χ4n) is 1.29. The highest BCUT2D eigenvalue weighted by molar-refractivity contribution is 6.35. The molecule has 5 nitrogen and oxygen atoms in total. The predicted molar refractivity (Wildman–Crippen MR) is 70.3 cm³/mol. The van der Waals surface area contributed by atoms with Crippen molar-refractivity contribution in [3.8, 4) is 0 Å². The van der Waals surface area contributed by atoms with Crippen molar-refractivity contribution in [2.45, 2.75) is 19.4 Å². The summed E-state index contributed by atoms with van der Waals surface area (Å²) in [4.78, 5) is 22.3. The largest absolute Gasteiger partial charge is 0.480 e. The highest BCUT2D eigenvalue weighted by Crippen LogP contribution is 2.22. The lowest BCUT2D eigenvalue weighted by atomic mass is 10.2. The van der Waals surface area contributed by atoms with Crippen molar-refractivity contribution in [2.75, 3.05) is 5.32 Å². The summed E-state index contributed by atoms with van der Waals surface area (Å²) in [6.45, 7) is 1.66. The van der Waals surface area contributed by atoms with Gasteiger partial charge >= 0.3 is 12.0 Å². The minimum atomic E-state index is -1.09. The van der Waals surface area contributed by atoms with E-state index < -0.39 is 18.0 Å². The van der Waals surface area contributed by atoms with Crippen LogP contribution < -0.4 is 10.6 Å². The number of aliphatic carboxylic acids is 1. The number of carbonyl (C=O) groups is 2. The molecule has 0 spiro atoms. The van der Waals surface area contributed by atoms with Gasteiger partial charge in [-0.2, -0.15) is 0 Å². The van der Waals surface area contributed by atoms with Gasteiger partial charge in [0.15, 0.2) is 0 Å². The van der Waals surface area contributed by atoms with E-state index in [1.165, 1.54) is 18.2 Å². The Balaban J connectivity index is 2.67. The average Bonchev–Trinajstić information content (AvgIpc) is 2.23. The van der Waals surface area contributed by atoms with Crippen LogP contribution in [-0.4, -0.2) is 23.1 Å². The topological polar surface area (TPSA) is 78.4 Å². The second kappa shape index (κ2) is 6.47. The summed E-state index contributed by atoms with van der Waals surface area (Å²) in [5.74, 6) is -1.09. The molecule has 1 rings (SSSR count). The molecule has 98 valence electrons. The maximum absolute atomic E-state index is 11.5. The second-order valence-corrected chi connectivity index (χ2v) is 4.43. The number of benzene rings is 1. The number of carboxylic acids is 1. The number of hydrogen-bond donors (Lipinski definition) is 3. The number of amides is 2. The molecule has 0 unspecified atom stereocenters. The van der Waals surface area contributed by atoms with Gasteiger partial charge in [0.2, 0.25) is 0 Å². The minimum absolute atomic E-state index is 0.291. The van der Waals surface area contributed by atoms with Crippen LogP contribution in [0, 0.1) is 0 Å². The molecule has 0 aliphatic heterocycles. The van der Waals surface area contributed by atoms with Crippen LogP contribution in [0.3, 0.4) is 0 Å². The van der Waals surface area contributed by atoms with E-state index in [0.717, 1.165) is 0 Å². The Bertz CT molecular complexity index is 445. The molecule has 2 amide bonds. The fraction of sp³-hybridized carbons (Fsp3) is 0.273. The summed E-state index contributed by atoms with van der Waals surface area (Å²) in [5.41, 5.74) is 0.394. The number of hydrogen-bond acceptors (Lipinski definition) is 2. The predicted octanol–water partition coefficient (Wildman–Crippen LogP) is 2.98. The fourth-order valence-corrected chi connectivity index (χ4v) is 1.82. The molecule has 18 heavy (non-hydrogen) atoms. The van der Waals surface area contributed by atoms with E-state index in [2.05, 4.69) is 10.6 Å². The Morgan fingerprint density at radius 1 is 1.28 bits per heavy atom. The molecular formula is C11H12Cl2N2O3. The van der Waals surface area contributed by atoms with Crippen LogP contribution in [0.15, 0.2) is 18.2 Å². The molecule has 0 fully saturated rings. The zero-order chi connectivity index (χ0) is 13.7. The highest BCUT2D eigenvalue weighted by atomic mass is 35.5. The van der Waals surface area contributed by atoms with E-state index in [0.29, 0.717) is 22.2 Å². The molecule has 1 aromatic rings. The number of carboxylic acid groups (broad SMARTS) is 1. The van der Waals surface area contributed by atoms with Crippen LogP contribution in [0.5, 0.6) is 0 Å². The van der Waals surface area contributed by atoms with E-state index >= 15 is 0 Å². The van der Waals surface area contributed by atoms with Gasteiger partial charge in [0, 0.05) is 15.7 Å². The monoisotopic (exact) mass is 290 g/mol. The zero-order valence-corrected chi connectivity index (χ0v) is 11.0. The van der Waals surface area contributed by atoms with Crippen LogP contribution in [0.1, 0.15) is 13.3 Å². The van der Waals surface area contributed by atoms with Crippen molar-refractivity contribution in [1.29, 1.82) is 0 Å². The molecule has 0 aromatic heterocycles. The number of rotatable bonds is 4. The number of halogens is 2. The lowest BCUT2D eigenvalue weighted by Gasteiger charge is -2.13. The minimum Gasteiger partial charge on any atom is -0.480 e. The average molecular weight is 291 g/mol. The Morgan fingerprint density at radius 2 is 1.83 bits per heavy atom. The van der Waals surface area contributed by atoms with Gasteiger partial charge in [0.25, 0.3) is 0 Å². The van der Waals surface area contributed by atoms with Crippen LogP contribution >= 0.6 is 23.2 Å². The lowest BCUT2D eigenvalue weighted by molar-refractivity contribution is -0.139. The molecule has 0 bridgehead atoms. The maximum atomic E-state index is 11.5. The lowest BCUT2D eigenvalue weighted by Crippen LogP contribution is -2.42. The third-order valence-electron chi connectivity index (χ3n) is 2.13. The summed E-state index contributed by atoms with van der Waals surface area (Å²) in [7, 11) is 0. The van der Waals surface area contributed by atoms with Crippen LogP contribution in [0.2, 0.25) is 10.0 Å². The zero-order valence-electron chi connectivity index (χ0n) is 9.54. The summed E-state index contributed by atoms with van der Waals surface area (Å²) in [5, 5.41) is 14.3. The molecular weight excluding hydrogens is 279 g/mol. The number of anilines is 1. The third kappa shape index (κ3) is 4.43. The van der Waals surface area contributed by atoms with Crippen molar-refractivity contribution >= 4 is 40.9 Å². The molecule has 7 heteroatoms. The number of carbonyl (C=O) groups excluding carboxylic acids is 1. The van der Waals surface area contributed by atoms with Gasteiger partial charge in [-0.25, -0.2) is 9.59 Å². The highest BCUT2D eigenvalue weighted by Gasteiger charge is 2.17. The molecule has 0 heterocycles.